The highest BCUT2D eigenvalue weighted by atomic mass is 19.4. The first-order chi connectivity index (χ1) is 17.8. The first-order valence-corrected chi connectivity index (χ1v) is 12.0. The van der Waals surface area contributed by atoms with Crippen LogP contribution in [0.2, 0.25) is 0 Å². The van der Waals surface area contributed by atoms with Gasteiger partial charge in [-0.05, 0) is 35.4 Å². The number of piperazine rings is 2. The summed E-state index contributed by atoms with van der Waals surface area (Å²) in [4.78, 5) is 19.7. The molecule has 0 radical (unpaired) electrons. The number of carbonyl (C=O) groups is 1. The molecular formula is C25H26F8N4O. The molecule has 13 heteroatoms. The van der Waals surface area contributed by atoms with Crippen molar-refractivity contribution in [3.8, 4) is 0 Å². The minimum atomic E-state index is -4.68. The Morgan fingerprint density at radius 2 is 0.947 bits per heavy atom. The van der Waals surface area contributed by atoms with Crippen molar-refractivity contribution in [3.63, 3.8) is 0 Å². The first kappa shape index (κ1) is 28.1. The van der Waals surface area contributed by atoms with Gasteiger partial charge in [-0.15, -0.1) is 0 Å². The molecule has 2 saturated heterocycles. The highest BCUT2D eigenvalue weighted by molar-refractivity contribution is 5.74. The van der Waals surface area contributed by atoms with E-state index in [1.165, 1.54) is 0 Å². The van der Waals surface area contributed by atoms with Crippen LogP contribution in [0.15, 0.2) is 36.4 Å². The largest absolute Gasteiger partial charge is 0.416 e. The molecule has 0 unspecified atom stereocenters. The van der Waals surface area contributed by atoms with E-state index in [0.29, 0.717) is 64.5 Å². The number of alkyl halides is 6. The number of halogens is 8. The van der Waals surface area contributed by atoms with Gasteiger partial charge in [-0.25, -0.2) is 13.6 Å². The zero-order valence-corrected chi connectivity index (χ0v) is 20.3. The van der Waals surface area contributed by atoms with Crippen LogP contribution in [0.1, 0.15) is 22.3 Å². The van der Waals surface area contributed by atoms with Gasteiger partial charge < -0.3 is 9.80 Å². The average molecular weight is 550 g/mol. The van der Waals surface area contributed by atoms with Gasteiger partial charge in [0.05, 0.1) is 11.1 Å². The topological polar surface area (TPSA) is 30.0 Å². The fourth-order valence-electron chi connectivity index (χ4n) is 4.78. The van der Waals surface area contributed by atoms with Crippen LogP contribution < -0.4 is 0 Å². The molecule has 0 atom stereocenters. The van der Waals surface area contributed by atoms with Crippen LogP contribution in [0.4, 0.5) is 39.9 Å². The number of urea groups is 1. The average Bonchev–Trinajstić information content (AvgIpc) is 2.85. The molecule has 0 spiro atoms. The lowest BCUT2D eigenvalue weighted by Crippen LogP contribution is -2.56. The fraction of sp³-hybridized carbons (Fsp3) is 0.480. The van der Waals surface area contributed by atoms with E-state index in [-0.39, 0.29) is 30.2 Å². The van der Waals surface area contributed by atoms with Crippen LogP contribution in [0.25, 0.3) is 0 Å². The summed E-state index contributed by atoms with van der Waals surface area (Å²) in [5.74, 6) is -1.93. The summed E-state index contributed by atoms with van der Waals surface area (Å²) in [7, 11) is 0. The van der Waals surface area contributed by atoms with Gasteiger partial charge in [0.25, 0.3) is 0 Å². The second kappa shape index (κ2) is 11.0. The summed E-state index contributed by atoms with van der Waals surface area (Å²) in [6, 6.07) is 4.95. The molecule has 0 N–H and O–H groups in total. The van der Waals surface area contributed by atoms with Crippen molar-refractivity contribution in [2.24, 2.45) is 0 Å². The molecule has 2 amide bonds. The number of benzene rings is 2. The Hall–Kier alpha value is -2.93. The molecule has 0 aliphatic carbocycles. The fourth-order valence-corrected chi connectivity index (χ4v) is 4.78. The van der Waals surface area contributed by atoms with Gasteiger partial charge in [-0.1, -0.05) is 12.1 Å². The van der Waals surface area contributed by atoms with E-state index in [9.17, 15) is 39.9 Å². The number of carbonyl (C=O) groups excluding carboxylic acids is 1. The highest BCUT2D eigenvalue weighted by Crippen LogP contribution is 2.34. The van der Waals surface area contributed by atoms with Gasteiger partial charge in [0.1, 0.15) is 11.6 Å². The molecule has 2 aliphatic rings. The monoisotopic (exact) mass is 550 g/mol. The summed E-state index contributed by atoms with van der Waals surface area (Å²) in [5, 5.41) is 0. The predicted molar refractivity (Wildman–Crippen MR) is 122 cm³/mol. The van der Waals surface area contributed by atoms with Gasteiger partial charge >= 0.3 is 18.4 Å². The van der Waals surface area contributed by atoms with Gasteiger partial charge in [-0.3, -0.25) is 9.80 Å². The van der Waals surface area contributed by atoms with Crippen LogP contribution >= 0.6 is 0 Å². The van der Waals surface area contributed by atoms with Gasteiger partial charge in [-0.2, -0.15) is 26.3 Å². The van der Waals surface area contributed by atoms with Crippen LogP contribution in [0.5, 0.6) is 0 Å². The highest BCUT2D eigenvalue weighted by Gasteiger charge is 2.36. The molecule has 208 valence electrons. The van der Waals surface area contributed by atoms with Crippen molar-refractivity contribution in [2.75, 3.05) is 52.4 Å². The maximum Gasteiger partial charge on any atom is 0.416 e. The lowest BCUT2D eigenvalue weighted by Gasteiger charge is -2.40. The Labute approximate surface area is 214 Å². The van der Waals surface area contributed by atoms with Crippen molar-refractivity contribution in [1.82, 2.24) is 19.6 Å². The van der Waals surface area contributed by atoms with E-state index in [0.717, 1.165) is 24.3 Å². The quantitative estimate of drug-likeness (QED) is 0.499. The third-order valence-corrected chi connectivity index (χ3v) is 6.83. The van der Waals surface area contributed by atoms with E-state index < -0.39 is 35.1 Å². The maximum absolute atomic E-state index is 13.4. The minimum absolute atomic E-state index is 0.0286. The van der Waals surface area contributed by atoms with E-state index in [2.05, 4.69) is 0 Å². The molecule has 0 bridgehead atoms. The van der Waals surface area contributed by atoms with Crippen molar-refractivity contribution in [3.05, 3.63) is 70.3 Å². The number of hydrogen-bond donors (Lipinski definition) is 0. The van der Waals surface area contributed by atoms with Gasteiger partial charge in [0.15, 0.2) is 0 Å². The van der Waals surface area contributed by atoms with Crippen molar-refractivity contribution in [1.29, 1.82) is 0 Å². The van der Waals surface area contributed by atoms with E-state index in [1.807, 2.05) is 0 Å². The first-order valence-electron chi connectivity index (χ1n) is 12.0. The maximum atomic E-state index is 13.4. The molecule has 38 heavy (non-hydrogen) atoms. The van der Waals surface area contributed by atoms with E-state index >= 15 is 0 Å². The Bertz CT molecular complexity index is 1050. The van der Waals surface area contributed by atoms with E-state index in [4.69, 9.17) is 0 Å². The number of rotatable bonds is 4. The molecule has 0 aromatic heterocycles. The second-order valence-corrected chi connectivity index (χ2v) is 9.41. The normalized spacial score (nSPS) is 18.2. The minimum Gasteiger partial charge on any atom is -0.322 e. The van der Waals surface area contributed by atoms with Crippen molar-refractivity contribution in [2.45, 2.75) is 25.4 Å². The molecule has 2 fully saturated rings. The summed E-state index contributed by atoms with van der Waals surface area (Å²) >= 11 is 0. The molecule has 0 saturated carbocycles. The molecule has 2 heterocycles. The Balaban J connectivity index is 1.28. The third kappa shape index (κ3) is 6.73. The smallest absolute Gasteiger partial charge is 0.322 e. The van der Waals surface area contributed by atoms with Crippen molar-refractivity contribution < 1.29 is 39.9 Å². The summed E-state index contributed by atoms with van der Waals surface area (Å²) < 4.78 is 106. The third-order valence-electron chi connectivity index (χ3n) is 6.83. The van der Waals surface area contributed by atoms with Crippen LogP contribution in [-0.2, 0) is 25.4 Å². The zero-order valence-electron chi connectivity index (χ0n) is 20.3. The second-order valence-electron chi connectivity index (χ2n) is 9.41. The van der Waals surface area contributed by atoms with Crippen LogP contribution in [0, 0.1) is 11.6 Å². The molecule has 5 nitrogen and oxygen atoms in total. The lowest BCUT2D eigenvalue weighted by atomic mass is 10.1. The predicted octanol–water partition coefficient (Wildman–Crippen LogP) is 5.06. The molecule has 4 rings (SSSR count). The zero-order chi connectivity index (χ0) is 27.7. The standard InChI is InChI=1S/C25H26F8N4O/c26-19-3-1-17(21(13-19)24(28,29)30)15-34-5-9-36(10-6-34)23(38)37-11-7-35(8-12-37)16-18-2-4-20(27)14-22(18)25(31,32)33/h1-4,13-14H,5-12,15-16H2. The Morgan fingerprint density at radius 1 is 0.605 bits per heavy atom. The van der Waals surface area contributed by atoms with Gasteiger partial charge in [0, 0.05) is 65.4 Å². The summed E-state index contributed by atoms with van der Waals surface area (Å²) in [6.07, 6.45) is -9.36. The van der Waals surface area contributed by atoms with Crippen molar-refractivity contribution >= 4 is 6.03 Å². The van der Waals surface area contributed by atoms with Crippen LogP contribution in [0.3, 0.4) is 0 Å². The lowest BCUT2D eigenvalue weighted by molar-refractivity contribution is -0.139. The molecule has 2 aromatic rings. The summed E-state index contributed by atoms with van der Waals surface area (Å²) in [6.45, 7) is 2.49. The Morgan fingerprint density at radius 3 is 1.26 bits per heavy atom. The van der Waals surface area contributed by atoms with Crippen LogP contribution in [-0.4, -0.2) is 78.0 Å². The molecular weight excluding hydrogens is 524 g/mol. The number of nitrogens with zero attached hydrogens (tertiary/aromatic N) is 4. The summed E-state index contributed by atoms with van der Waals surface area (Å²) in [5.41, 5.74) is -2.11. The Kier molecular flexibility index (Phi) is 8.17. The number of hydrogen-bond acceptors (Lipinski definition) is 3. The SMILES string of the molecule is O=C(N1CCN(Cc2ccc(F)cc2C(F)(F)F)CC1)N1CCN(Cc2ccc(F)cc2C(F)(F)F)CC1. The van der Waals surface area contributed by atoms with E-state index in [1.54, 1.807) is 19.6 Å². The molecule has 2 aliphatic heterocycles. The van der Waals surface area contributed by atoms with Gasteiger partial charge in [0.2, 0.25) is 0 Å². The number of amides is 2. The molecule has 2 aromatic carbocycles.